The monoisotopic (exact) mass is 270 g/mol. The van der Waals surface area contributed by atoms with Gasteiger partial charge in [0.15, 0.2) is 0 Å². The number of nitrogens with one attached hydrogen (secondary N) is 1. The molecule has 0 radical (unpaired) electrons. The third-order valence-corrected chi connectivity index (χ3v) is 2.86. The summed E-state index contributed by atoms with van der Waals surface area (Å²) in [7, 11) is 0. The third-order valence-electron chi connectivity index (χ3n) is 2.86. The average molecular weight is 270 g/mol. The summed E-state index contributed by atoms with van der Waals surface area (Å²) in [6.45, 7) is 0. The van der Waals surface area contributed by atoms with E-state index in [9.17, 15) is 9.59 Å². The standard InChI is InChI=1S/C15H14N2O3/c16-13(10-6-2-1-3-7-10)14(18)17-12-9-5-4-8-11(12)15(19)20/h1-9,13H,16H2,(H,17,18)(H,19,20)/t13-/m1/s1. The maximum atomic E-state index is 12.1. The average Bonchev–Trinajstić information content (AvgIpc) is 2.47. The van der Waals surface area contributed by atoms with Crippen LogP contribution in [0.4, 0.5) is 5.69 Å². The first kappa shape index (κ1) is 13.8. The fourth-order valence-corrected chi connectivity index (χ4v) is 1.80. The highest BCUT2D eigenvalue weighted by atomic mass is 16.4. The zero-order valence-corrected chi connectivity index (χ0v) is 10.6. The van der Waals surface area contributed by atoms with Gasteiger partial charge in [-0.05, 0) is 17.7 Å². The van der Waals surface area contributed by atoms with E-state index >= 15 is 0 Å². The number of carbonyl (C=O) groups is 2. The van der Waals surface area contributed by atoms with E-state index in [-0.39, 0.29) is 11.3 Å². The predicted octanol–water partition coefficient (Wildman–Crippen LogP) is 2.02. The second kappa shape index (κ2) is 5.99. The number of carboxylic acid groups (broad SMARTS) is 1. The van der Waals surface area contributed by atoms with Crippen LogP contribution in [-0.2, 0) is 4.79 Å². The van der Waals surface area contributed by atoms with E-state index in [4.69, 9.17) is 10.8 Å². The Balaban J connectivity index is 2.18. The molecule has 102 valence electrons. The van der Waals surface area contributed by atoms with Crippen LogP contribution >= 0.6 is 0 Å². The molecule has 2 rings (SSSR count). The summed E-state index contributed by atoms with van der Waals surface area (Å²) in [5, 5.41) is 11.6. The minimum Gasteiger partial charge on any atom is -0.478 e. The van der Waals surface area contributed by atoms with Crippen molar-refractivity contribution in [3.05, 3.63) is 65.7 Å². The smallest absolute Gasteiger partial charge is 0.337 e. The molecule has 0 aliphatic rings. The summed E-state index contributed by atoms with van der Waals surface area (Å²) in [6, 6.07) is 14.2. The van der Waals surface area contributed by atoms with Crippen LogP contribution in [0.15, 0.2) is 54.6 Å². The summed E-state index contributed by atoms with van der Waals surface area (Å²) < 4.78 is 0. The number of amides is 1. The topological polar surface area (TPSA) is 92.4 Å². The van der Waals surface area contributed by atoms with Gasteiger partial charge in [0.25, 0.3) is 0 Å². The van der Waals surface area contributed by atoms with Gasteiger partial charge in [0.1, 0.15) is 6.04 Å². The lowest BCUT2D eigenvalue weighted by Gasteiger charge is -2.13. The molecule has 0 aliphatic heterocycles. The number of aromatic carboxylic acids is 1. The largest absolute Gasteiger partial charge is 0.478 e. The van der Waals surface area contributed by atoms with Gasteiger partial charge in [0.05, 0.1) is 11.3 Å². The summed E-state index contributed by atoms with van der Waals surface area (Å²) in [6.07, 6.45) is 0. The van der Waals surface area contributed by atoms with Gasteiger partial charge in [-0.15, -0.1) is 0 Å². The first-order chi connectivity index (χ1) is 9.59. The molecule has 0 unspecified atom stereocenters. The summed E-state index contributed by atoms with van der Waals surface area (Å²) >= 11 is 0. The molecule has 20 heavy (non-hydrogen) atoms. The highest BCUT2D eigenvalue weighted by Gasteiger charge is 2.18. The number of carbonyl (C=O) groups excluding carboxylic acids is 1. The molecule has 5 nitrogen and oxygen atoms in total. The second-order valence-electron chi connectivity index (χ2n) is 4.23. The SMILES string of the molecule is N[C@@H](C(=O)Nc1ccccc1C(=O)O)c1ccccc1. The molecule has 0 heterocycles. The Morgan fingerprint density at radius 3 is 2.25 bits per heavy atom. The lowest BCUT2D eigenvalue weighted by atomic mass is 10.1. The second-order valence-corrected chi connectivity index (χ2v) is 4.23. The quantitative estimate of drug-likeness (QED) is 0.792. The number of hydrogen-bond donors (Lipinski definition) is 3. The van der Waals surface area contributed by atoms with Gasteiger partial charge < -0.3 is 16.2 Å². The number of carboxylic acids is 1. The van der Waals surface area contributed by atoms with Crippen molar-refractivity contribution in [3.8, 4) is 0 Å². The van der Waals surface area contributed by atoms with Crippen LogP contribution in [0.1, 0.15) is 22.0 Å². The molecule has 5 heteroatoms. The van der Waals surface area contributed by atoms with Crippen LogP contribution in [0.2, 0.25) is 0 Å². The van der Waals surface area contributed by atoms with Crippen molar-refractivity contribution in [2.24, 2.45) is 5.73 Å². The van der Waals surface area contributed by atoms with Gasteiger partial charge in [-0.1, -0.05) is 42.5 Å². The molecular weight excluding hydrogens is 256 g/mol. The third kappa shape index (κ3) is 3.02. The van der Waals surface area contributed by atoms with Crippen LogP contribution < -0.4 is 11.1 Å². The molecule has 0 bridgehead atoms. The number of anilines is 1. The fraction of sp³-hybridized carbons (Fsp3) is 0.0667. The molecular formula is C15H14N2O3. The number of hydrogen-bond acceptors (Lipinski definition) is 3. The van der Waals surface area contributed by atoms with Crippen molar-refractivity contribution >= 4 is 17.6 Å². The molecule has 1 atom stereocenters. The van der Waals surface area contributed by atoms with Gasteiger partial charge in [0.2, 0.25) is 5.91 Å². The van der Waals surface area contributed by atoms with Crippen molar-refractivity contribution in [1.82, 2.24) is 0 Å². The van der Waals surface area contributed by atoms with Crippen LogP contribution in [0.5, 0.6) is 0 Å². The van der Waals surface area contributed by atoms with Crippen LogP contribution in [0, 0.1) is 0 Å². The van der Waals surface area contributed by atoms with Gasteiger partial charge in [-0.25, -0.2) is 4.79 Å². The zero-order valence-electron chi connectivity index (χ0n) is 10.6. The van der Waals surface area contributed by atoms with Crippen molar-refractivity contribution in [2.75, 3.05) is 5.32 Å². The highest BCUT2D eigenvalue weighted by molar-refractivity contribution is 6.02. The number of rotatable bonds is 4. The molecule has 0 aliphatic carbocycles. The summed E-state index contributed by atoms with van der Waals surface area (Å²) in [5.74, 6) is -1.56. The lowest BCUT2D eigenvalue weighted by molar-refractivity contribution is -0.117. The molecule has 0 spiro atoms. The minimum atomic E-state index is -1.10. The summed E-state index contributed by atoms with van der Waals surface area (Å²) in [5.41, 5.74) is 6.78. The van der Waals surface area contributed by atoms with E-state index in [1.165, 1.54) is 12.1 Å². The van der Waals surface area contributed by atoms with E-state index < -0.39 is 17.9 Å². The van der Waals surface area contributed by atoms with E-state index in [2.05, 4.69) is 5.32 Å². The number of benzene rings is 2. The molecule has 2 aromatic carbocycles. The van der Waals surface area contributed by atoms with Crippen LogP contribution in [0.25, 0.3) is 0 Å². The first-order valence-electron chi connectivity index (χ1n) is 6.03. The predicted molar refractivity (Wildman–Crippen MR) is 75.4 cm³/mol. The van der Waals surface area contributed by atoms with E-state index in [1.807, 2.05) is 6.07 Å². The highest BCUT2D eigenvalue weighted by Crippen LogP contribution is 2.17. The minimum absolute atomic E-state index is 0.0288. The summed E-state index contributed by atoms with van der Waals surface area (Å²) in [4.78, 5) is 23.1. The Bertz CT molecular complexity index is 626. The van der Waals surface area contributed by atoms with E-state index in [0.29, 0.717) is 5.56 Å². The maximum absolute atomic E-state index is 12.1. The molecule has 0 aromatic heterocycles. The van der Waals surface area contributed by atoms with Crippen LogP contribution in [-0.4, -0.2) is 17.0 Å². The lowest BCUT2D eigenvalue weighted by Crippen LogP contribution is -2.28. The van der Waals surface area contributed by atoms with Crippen LogP contribution in [0.3, 0.4) is 0 Å². The van der Waals surface area contributed by atoms with E-state index in [0.717, 1.165) is 0 Å². The molecule has 2 aromatic rings. The molecule has 0 saturated carbocycles. The Morgan fingerprint density at radius 1 is 1.00 bits per heavy atom. The van der Waals surface area contributed by atoms with Gasteiger partial charge in [0, 0.05) is 0 Å². The van der Waals surface area contributed by atoms with Crippen molar-refractivity contribution in [2.45, 2.75) is 6.04 Å². The number of nitrogens with two attached hydrogens (primary N) is 1. The van der Waals surface area contributed by atoms with E-state index in [1.54, 1.807) is 36.4 Å². The van der Waals surface area contributed by atoms with Crippen molar-refractivity contribution in [3.63, 3.8) is 0 Å². The maximum Gasteiger partial charge on any atom is 0.337 e. The Hall–Kier alpha value is -2.66. The fourth-order valence-electron chi connectivity index (χ4n) is 1.80. The molecule has 0 fully saturated rings. The number of para-hydroxylation sites is 1. The van der Waals surface area contributed by atoms with Crippen molar-refractivity contribution in [1.29, 1.82) is 0 Å². The van der Waals surface area contributed by atoms with Crippen molar-refractivity contribution < 1.29 is 14.7 Å². The molecule has 1 amide bonds. The molecule has 4 N–H and O–H groups in total. The first-order valence-corrected chi connectivity index (χ1v) is 6.03. The Kier molecular flexibility index (Phi) is 4.12. The zero-order chi connectivity index (χ0) is 14.5. The van der Waals surface area contributed by atoms with Gasteiger partial charge in [-0.3, -0.25) is 4.79 Å². The van der Waals surface area contributed by atoms with Gasteiger partial charge >= 0.3 is 5.97 Å². The van der Waals surface area contributed by atoms with Gasteiger partial charge in [-0.2, -0.15) is 0 Å². The molecule has 0 saturated heterocycles. The normalized spacial score (nSPS) is 11.7. The Morgan fingerprint density at radius 2 is 1.60 bits per heavy atom. The Labute approximate surface area is 116 Å².